The number of fused-ring (bicyclic) bond motifs is 1. The van der Waals surface area contributed by atoms with Crippen LogP contribution in [-0.2, 0) is 0 Å². The summed E-state index contributed by atoms with van der Waals surface area (Å²) in [7, 11) is 0. The molecule has 1 aliphatic rings. The molecule has 78 valence electrons. The summed E-state index contributed by atoms with van der Waals surface area (Å²) in [5, 5.41) is 4.52. The van der Waals surface area contributed by atoms with Gasteiger partial charge in [-0.3, -0.25) is 0 Å². The van der Waals surface area contributed by atoms with Gasteiger partial charge < -0.3 is 5.32 Å². The molecule has 0 saturated heterocycles. The Morgan fingerprint density at radius 3 is 3.07 bits per heavy atom. The molecule has 1 aliphatic carbocycles. The third-order valence-electron chi connectivity index (χ3n) is 2.77. The first kappa shape index (κ1) is 9.60. The molecule has 15 heavy (non-hydrogen) atoms. The topological polar surface area (TPSA) is 24.9 Å². The minimum absolute atomic E-state index is 0.647. The highest BCUT2D eigenvalue weighted by Gasteiger charge is 2.32. The highest BCUT2D eigenvalue weighted by Crippen LogP contribution is 2.35. The molecule has 1 aromatic carbocycles. The van der Waals surface area contributed by atoms with E-state index in [2.05, 4.69) is 51.4 Å². The number of anilines is 1. The van der Waals surface area contributed by atoms with Crippen LogP contribution >= 0.6 is 27.3 Å². The van der Waals surface area contributed by atoms with Gasteiger partial charge in [0.2, 0.25) is 0 Å². The van der Waals surface area contributed by atoms with Crippen LogP contribution in [-0.4, -0.2) is 11.0 Å². The molecule has 3 rings (SSSR count). The van der Waals surface area contributed by atoms with Gasteiger partial charge in [-0.25, -0.2) is 4.98 Å². The molecule has 2 aromatic rings. The van der Waals surface area contributed by atoms with Gasteiger partial charge in [0.1, 0.15) is 0 Å². The van der Waals surface area contributed by atoms with E-state index in [1.807, 2.05) is 0 Å². The van der Waals surface area contributed by atoms with Crippen molar-refractivity contribution in [1.82, 2.24) is 4.98 Å². The Labute approximate surface area is 101 Å². The SMILES string of the molecule is CC1CC1Nc1nc2cc(Br)ccc2s1. The standard InChI is InChI=1S/C11H11BrN2S/c1-6-4-8(6)13-11-14-9-5-7(12)2-3-10(9)15-11/h2-3,5-6,8H,4H2,1H3,(H,13,14). The van der Waals surface area contributed by atoms with Crippen molar-refractivity contribution in [2.24, 2.45) is 5.92 Å². The van der Waals surface area contributed by atoms with Gasteiger partial charge in [0.05, 0.1) is 10.2 Å². The van der Waals surface area contributed by atoms with Crippen LogP contribution < -0.4 is 5.32 Å². The summed E-state index contributed by atoms with van der Waals surface area (Å²) in [6, 6.07) is 6.88. The van der Waals surface area contributed by atoms with Crippen LogP contribution in [0, 0.1) is 5.92 Å². The van der Waals surface area contributed by atoms with Crippen molar-refractivity contribution in [1.29, 1.82) is 0 Å². The van der Waals surface area contributed by atoms with E-state index in [4.69, 9.17) is 0 Å². The number of hydrogen-bond acceptors (Lipinski definition) is 3. The molecule has 0 bridgehead atoms. The smallest absolute Gasteiger partial charge is 0.184 e. The summed E-state index contributed by atoms with van der Waals surface area (Å²) in [6.45, 7) is 2.27. The number of nitrogens with one attached hydrogen (secondary N) is 1. The number of rotatable bonds is 2. The lowest BCUT2D eigenvalue weighted by molar-refractivity contribution is 0.928. The van der Waals surface area contributed by atoms with Crippen molar-refractivity contribution in [3.8, 4) is 0 Å². The van der Waals surface area contributed by atoms with Gasteiger partial charge in [0.15, 0.2) is 5.13 Å². The van der Waals surface area contributed by atoms with Crippen LogP contribution in [0.3, 0.4) is 0 Å². The molecule has 1 aromatic heterocycles. The molecule has 0 aliphatic heterocycles. The van der Waals surface area contributed by atoms with E-state index in [9.17, 15) is 0 Å². The number of thiazole rings is 1. The lowest BCUT2D eigenvalue weighted by Gasteiger charge is -1.96. The molecule has 0 amide bonds. The minimum atomic E-state index is 0.647. The van der Waals surface area contributed by atoms with E-state index in [1.54, 1.807) is 11.3 Å². The molecule has 1 fully saturated rings. The molecular formula is C11H11BrN2S. The van der Waals surface area contributed by atoms with Gasteiger partial charge >= 0.3 is 0 Å². The number of benzene rings is 1. The Hall–Kier alpha value is -0.610. The number of nitrogens with zero attached hydrogens (tertiary/aromatic N) is 1. The quantitative estimate of drug-likeness (QED) is 0.904. The van der Waals surface area contributed by atoms with E-state index in [0.29, 0.717) is 6.04 Å². The second-order valence-corrected chi connectivity index (χ2v) is 6.04. The van der Waals surface area contributed by atoms with Crippen molar-refractivity contribution >= 4 is 42.6 Å². The van der Waals surface area contributed by atoms with E-state index < -0.39 is 0 Å². The van der Waals surface area contributed by atoms with Crippen molar-refractivity contribution in [2.75, 3.05) is 5.32 Å². The van der Waals surface area contributed by atoms with Crippen molar-refractivity contribution < 1.29 is 0 Å². The highest BCUT2D eigenvalue weighted by atomic mass is 79.9. The Morgan fingerprint density at radius 1 is 1.53 bits per heavy atom. The third-order valence-corrected chi connectivity index (χ3v) is 4.23. The summed E-state index contributed by atoms with van der Waals surface area (Å²) < 4.78 is 2.33. The summed E-state index contributed by atoms with van der Waals surface area (Å²) in [4.78, 5) is 4.57. The van der Waals surface area contributed by atoms with Crippen molar-refractivity contribution in [3.63, 3.8) is 0 Å². The summed E-state index contributed by atoms with van der Waals surface area (Å²) in [5.41, 5.74) is 1.07. The predicted molar refractivity (Wildman–Crippen MR) is 68.5 cm³/mol. The van der Waals surface area contributed by atoms with Crippen LogP contribution in [0.1, 0.15) is 13.3 Å². The zero-order valence-electron chi connectivity index (χ0n) is 8.33. The third kappa shape index (κ3) is 1.88. The second kappa shape index (κ2) is 3.46. The Kier molecular flexibility index (Phi) is 2.21. The molecule has 2 atom stereocenters. The Bertz CT molecular complexity index is 508. The van der Waals surface area contributed by atoms with Crippen molar-refractivity contribution in [3.05, 3.63) is 22.7 Å². The fraction of sp³-hybridized carbons (Fsp3) is 0.364. The molecular weight excluding hydrogens is 272 g/mol. The highest BCUT2D eigenvalue weighted by molar-refractivity contribution is 9.10. The van der Waals surface area contributed by atoms with Crippen LogP contribution in [0.25, 0.3) is 10.2 Å². The molecule has 2 unspecified atom stereocenters. The summed E-state index contributed by atoms with van der Waals surface area (Å²) >= 11 is 5.19. The zero-order chi connectivity index (χ0) is 10.4. The Morgan fingerprint density at radius 2 is 2.33 bits per heavy atom. The Balaban J connectivity index is 1.92. The molecule has 1 N–H and O–H groups in total. The lowest BCUT2D eigenvalue weighted by Crippen LogP contribution is -2.02. The predicted octanol–water partition coefficient (Wildman–Crippen LogP) is 3.88. The number of halogens is 1. The fourth-order valence-electron chi connectivity index (χ4n) is 1.64. The van der Waals surface area contributed by atoms with E-state index in [-0.39, 0.29) is 0 Å². The molecule has 2 nitrogen and oxygen atoms in total. The maximum absolute atomic E-state index is 4.57. The van der Waals surface area contributed by atoms with Crippen molar-refractivity contribution in [2.45, 2.75) is 19.4 Å². The van der Waals surface area contributed by atoms with Gasteiger partial charge in [-0.2, -0.15) is 0 Å². The fourth-order valence-corrected chi connectivity index (χ4v) is 2.90. The first-order valence-electron chi connectivity index (χ1n) is 5.05. The normalized spacial score (nSPS) is 24.4. The summed E-state index contributed by atoms with van der Waals surface area (Å²) in [5.74, 6) is 0.809. The first-order chi connectivity index (χ1) is 7.22. The molecule has 1 heterocycles. The van der Waals surface area contributed by atoms with Crippen LogP contribution in [0.2, 0.25) is 0 Å². The number of aromatic nitrogens is 1. The second-order valence-electron chi connectivity index (χ2n) is 4.09. The average molecular weight is 283 g/mol. The van der Waals surface area contributed by atoms with Gasteiger partial charge in [-0.1, -0.05) is 34.2 Å². The maximum atomic E-state index is 4.57. The zero-order valence-corrected chi connectivity index (χ0v) is 10.7. The van der Waals surface area contributed by atoms with Crippen LogP contribution in [0.5, 0.6) is 0 Å². The largest absolute Gasteiger partial charge is 0.358 e. The molecule has 4 heteroatoms. The molecule has 0 radical (unpaired) electrons. The average Bonchev–Trinajstić information content (AvgIpc) is 2.75. The van der Waals surface area contributed by atoms with Gasteiger partial charge in [-0.05, 0) is 30.5 Å². The van der Waals surface area contributed by atoms with E-state index in [0.717, 1.165) is 21.0 Å². The van der Waals surface area contributed by atoms with E-state index in [1.165, 1.54) is 11.1 Å². The summed E-state index contributed by atoms with van der Waals surface area (Å²) in [6.07, 6.45) is 1.28. The molecule has 0 spiro atoms. The van der Waals surface area contributed by atoms with Crippen LogP contribution in [0.15, 0.2) is 22.7 Å². The lowest BCUT2D eigenvalue weighted by atomic mass is 10.3. The van der Waals surface area contributed by atoms with Gasteiger partial charge in [0, 0.05) is 10.5 Å². The number of hydrogen-bond donors (Lipinski definition) is 1. The van der Waals surface area contributed by atoms with Crippen LogP contribution in [0.4, 0.5) is 5.13 Å². The monoisotopic (exact) mass is 282 g/mol. The maximum Gasteiger partial charge on any atom is 0.184 e. The first-order valence-corrected chi connectivity index (χ1v) is 6.66. The van der Waals surface area contributed by atoms with E-state index >= 15 is 0 Å². The van der Waals surface area contributed by atoms with Gasteiger partial charge in [0.25, 0.3) is 0 Å². The molecule has 1 saturated carbocycles. The minimum Gasteiger partial charge on any atom is -0.358 e. The van der Waals surface area contributed by atoms with Gasteiger partial charge in [-0.15, -0.1) is 0 Å².